The monoisotopic (exact) mass is 392 g/mol. The van der Waals surface area contributed by atoms with Gasteiger partial charge in [0, 0.05) is 13.1 Å². The molecule has 1 aliphatic rings. The van der Waals surface area contributed by atoms with Crippen LogP contribution in [0.2, 0.25) is 0 Å². The Kier molecular flexibility index (Phi) is 4.64. The average molecular weight is 392 g/mol. The molecule has 0 atom stereocenters. The van der Waals surface area contributed by atoms with E-state index in [-0.39, 0.29) is 5.56 Å². The van der Waals surface area contributed by atoms with E-state index in [1.165, 1.54) is 0 Å². The van der Waals surface area contributed by atoms with Gasteiger partial charge >= 0.3 is 0 Å². The average Bonchev–Trinajstić information content (AvgIpc) is 3.14. The molecule has 142 valence electrons. The lowest BCUT2D eigenvalue weighted by Crippen LogP contribution is -2.38. The number of thiazole rings is 1. The molecule has 0 spiro atoms. The van der Waals surface area contributed by atoms with Gasteiger partial charge in [0.1, 0.15) is 10.8 Å². The molecule has 0 N–H and O–H groups in total. The molecular weight excluding hydrogens is 372 g/mol. The van der Waals surface area contributed by atoms with Gasteiger partial charge in [-0.2, -0.15) is 0 Å². The van der Waals surface area contributed by atoms with Gasteiger partial charge in [0.2, 0.25) is 0 Å². The molecule has 0 saturated carbocycles. The van der Waals surface area contributed by atoms with Crippen LogP contribution in [0.4, 0.5) is 0 Å². The van der Waals surface area contributed by atoms with Crippen LogP contribution in [0.25, 0.3) is 21.1 Å². The molecule has 1 saturated heterocycles. The van der Waals surface area contributed by atoms with Gasteiger partial charge in [0.05, 0.1) is 47.4 Å². The van der Waals surface area contributed by atoms with E-state index >= 15 is 0 Å². The van der Waals surface area contributed by atoms with Crippen LogP contribution in [-0.2, 0) is 17.8 Å². The highest BCUT2D eigenvalue weighted by Gasteiger charge is 2.17. The van der Waals surface area contributed by atoms with Gasteiger partial charge < -0.3 is 4.74 Å². The predicted octanol–water partition coefficient (Wildman–Crippen LogP) is 2.89. The molecule has 4 aromatic rings. The minimum atomic E-state index is -0.00637. The van der Waals surface area contributed by atoms with Crippen LogP contribution in [0.5, 0.6) is 0 Å². The summed E-state index contributed by atoms with van der Waals surface area (Å²) in [6.07, 6.45) is 0. The van der Waals surface area contributed by atoms with E-state index < -0.39 is 0 Å². The van der Waals surface area contributed by atoms with Crippen LogP contribution < -0.4 is 5.56 Å². The van der Waals surface area contributed by atoms with Gasteiger partial charge in [-0.05, 0) is 24.3 Å². The zero-order valence-electron chi connectivity index (χ0n) is 15.4. The van der Waals surface area contributed by atoms with Crippen LogP contribution in [0.3, 0.4) is 0 Å². The number of aromatic nitrogens is 3. The second kappa shape index (κ2) is 7.43. The first-order chi connectivity index (χ1) is 13.8. The molecule has 1 fully saturated rings. The Bertz CT molecular complexity index is 1160. The second-order valence-electron chi connectivity index (χ2n) is 6.90. The van der Waals surface area contributed by atoms with Crippen molar-refractivity contribution in [2.24, 2.45) is 0 Å². The number of rotatable bonds is 4. The fraction of sp³-hybridized carbons (Fsp3) is 0.286. The van der Waals surface area contributed by atoms with Crippen molar-refractivity contribution in [1.29, 1.82) is 0 Å². The lowest BCUT2D eigenvalue weighted by atomic mass is 10.2. The first-order valence-corrected chi connectivity index (χ1v) is 10.2. The summed E-state index contributed by atoms with van der Waals surface area (Å²) >= 11 is 1.63. The van der Waals surface area contributed by atoms with Crippen LogP contribution in [0.15, 0.2) is 53.3 Å². The SMILES string of the molecule is O=c1c2ccccc2nc(CN2CCOCC2)n1Cc1nc2ccccc2s1. The van der Waals surface area contributed by atoms with Crippen LogP contribution in [0.1, 0.15) is 10.8 Å². The van der Waals surface area contributed by atoms with Crippen molar-refractivity contribution in [2.45, 2.75) is 13.1 Å². The van der Waals surface area contributed by atoms with Crippen LogP contribution >= 0.6 is 11.3 Å². The Morgan fingerprint density at radius 1 is 0.929 bits per heavy atom. The fourth-order valence-electron chi connectivity index (χ4n) is 3.58. The van der Waals surface area contributed by atoms with Crippen molar-refractivity contribution in [3.63, 3.8) is 0 Å². The summed E-state index contributed by atoms with van der Waals surface area (Å²) in [5, 5.41) is 1.57. The summed E-state index contributed by atoms with van der Waals surface area (Å²) in [7, 11) is 0. The largest absolute Gasteiger partial charge is 0.379 e. The van der Waals surface area contributed by atoms with E-state index in [0.29, 0.717) is 18.5 Å². The lowest BCUT2D eigenvalue weighted by molar-refractivity contribution is 0.0325. The molecule has 5 rings (SSSR count). The number of hydrogen-bond donors (Lipinski definition) is 0. The Hall–Kier alpha value is -2.61. The normalized spacial score (nSPS) is 15.4. The highest BCUT2D eigenvalue weighted by atomic mass is 32.1. The molecule has 0 aliphatic carbocycles. The van der Waals surface area contributed by atoms with Gasteiger partial charge in [-0.25, -0.2) is 9.97 Å². The molecule has 0 radical (unpaired) electrons. The van der Waals surface area contributed by atoms with Crippen molar-refractivity contribution >= 4 is 32.5 Å². The first kappa shape index (κ1) is 17.5. The molecule has 28 heavy (non-hydrogen) atoms. The molecule has 1 aliphatic heterocycles. The fourth-order valence-corrected chi connectivity index (χ4v) is 4.54. The number of para-hydroxylation sites is 2. The van der Waals surface area contributed by atoms with Crippen molar-refractivity contribution in [3.8, 4) is 0 Å². The van der Waals surface area contributed by atoms with Crippen molar-refractivity contribution < 1.29 is 4.74 Å². The van der Waals surface area contributed by atoms with E-state index in [2.05, 4.69) is 11.0 Å². The Morgan fingerprint density at radius 3 is 2.50 bits per heavy atom. The number of benzene rings is 2. The summed E-state index contributed by atoms with van der Waals surface area (Å²) in [5.41, 5.74) is 1.71. The van der Waals surface area contributed by atoms with Gasteiger partial charge in [0.25, 0.3) is 5.56 Å². The number of hydrogen-bond acceptors (Lipinski definition) is 6. The number of fused-ring (bicyclic) bond motifs is 2. The predicted molar refractivity (Wildman–Crippen MR) is 111 cm³/mol. The van der Waals surface area contributed by atoms with E-state index in [9.17, 15) is 4.79 Å². The third-order valence-corrected chi connectivity index (χ3v) is 6.06. The van der Waals surface area contributed by atoms with E-state index in [0.717, 1.165) is 52.9 Å². The maximum Gasteiger partial charge on any atom is 0.261 e. The number of ether oxygens (including phenoxy) is 1. The number of nitrogens with zero attached hydrogens (tertiary/aromatic N) is 4. The van der Waals surface area contributed by atoms with E-state index in [1.807, 2.05) is 42.5 Å². The van der Waals surface area contributed by atoms with Gasteiger partial charge in [0.15, 0.2) is 0 Å². The molecule has 0 amide bonds. The zero-order chi connectivity index (χ0) is 18.9. The molecule has 3 heterocycles. The molecule has 6 nitrogen and oxygen atoms in total. The Labute approximate surface area is 166 Å². The Balaban J connectivity index is 1.58. The first-order valence-electron chi connectivity index (χ1n) is 9.41. The lowest BCUT2D eigenvalue weighted by Gasteiger charge is -2.27. The van der Waals surface area contributed by atoms with Crippen molar-refractivity contribution in [1.82, 2.24) is 19.4 Å². The molecule has 0 bridgehead atoms. The highest BCUT2D eigenvalue weighted by Crippen LogP contribution is 2.22. The van der Waals surface area contributed by atoms with Crippen LogP contribution in [-0.4, -0.2) is 45.7 Å². The second-order valence-corrected chi connectivity index (χ2v) is 8.02. The minimum Gasteiger partial charge on any atom is -0.379 e. The summed E-state index contributed by atoms with van der Waals surface area (Å²) in [5.74, 6) is 0.782. The van der Waals surface area contributed by atoms with Crippen molar-refractivity contribution in [3.05, 3.63) is 69.7 Å². The highest BCUT2D eigenvalue weighted by molar-refractivity contribution is 7.18. The van der Waals surface area contributed by atoms with Crippen molar-refractivity contribution in [2.75, 3.05) is 26.3 Å². The zero-order valence-corrected chi connectivity index (χ0v) is 16.2. The topological polar surface area (TPSA) is 60.3 Å². The van der Waals surface area contributed by atoms with Gasteiger partial charge in [-0.1, -0.05) is 24.3 Å². The summed E-state index contributed by atoms with van der Waals surface area (Å²) in [6.45, 7) is 4.21. The molecule has 7 heteroatoms. The standard InChI is InChI=1S/C21H20N4O2S/c26-21-15-5-1-2-6-16(15)22-19(13-24-9-11-27-12-10-24)25(21)14-20-23-17-7-3-4-8-18(17)28-20/h1-8H,9-14H2. The summed E-state index contributed by atoms with van der Waals surface area (Å²) in [4.78, 5) is 25.1. The van der Waals surface area contributed by atoms with Gasteiger partial charge in [-0.3, -0.25) is 14.3 Å². The number of morpholine rings is 1. The Morgan fingerprint density at radius 2 is 1.68 bits per heavy atom. The van der Waals surface area contributed by atoms with Gasteiger partial charge in [-0.15, -0.1) is 11.3 Å². The molecule has 2 aromatic carbocycles. The van der Waals surface area contributed by atoms with Crippen LogP contribution in [0, 0.1) is 0 Å². The third-order valence-electron chi connectivity index (χ3n) is 5.04. The molecule has 0 unspecified atom stereocenters. The maximum atomic E-state index is 13.3. The summed E-state index contributed by atoms with van der Waals surface area (Å²) < 4.78 is 8.37. The third kappa shape index (κ3) is 3.32. The van der Waals surface area contributed by atoms with E-state index in [4.69, 9.17) is 14.7 Å². The molecule has 2 aromatic heterocycles. The van der Waals surface area contributed by atoms with E-state index in [1.54, 1.807) is 15.9 Å². The maximum absolute atomic E-state index is 13.3. The quantitative estimate of drug-likeness (QED) is 0.534. The minimum absolute atomic E-state index is 0.00637. The smallest absolute Gasteiger partial charge is 0.261 e. The molecular formula is C21H20N4O2S. The summed E-state index contributed by atoms with van der Waals surface area (Å²) in [6, 6.07) is 15.6.